The van der Waals surface area contributed by atoms with E-state index in [1.165, 1.54) is 12.1 Å². The number of hydrogen-bond donors (Lipinski definition) is 2. The molecular weight excluding hydrogens is 209 g/mol. The summed E-state index contributed by atoms with van der Waals surface area (Å²) in [5.41, 5.74) is 0.360. The first kappa shape index (κ1) is 12.2. The van der Waals surface area contributed by atoms with Crippen molar-refractivity contribution in [3.05, 3.63) is 42.2 Å². The van der Waals surface area contributed by atoms with Gasteiger partial charge in [0, 0.05) is 11.7 Å². The molecule has 0 heterocycles. The number of anilines is 1. The summed E-state index contributed by atoms with van der Waals surface area (Å²) in [6.45, 7) is 5.50. The van der Waals surface area contributed by atoms with Crippen LogP contribution in [0.5, 0.6) is 0 Å². The average molecular weight is 223 g/mol. The summed E-state index contributed by atoms with van der Waals surface area (Å²) in [6.07, 6.45) is 2.44. The largest absolute Gasteiger partial charge is 0.478 e. The number of aromatic carboxylic acids is 1. The number of hydrogen-bond acceptors (Lipinski definition) is 2. The van der Waals surface area contributed by atoms with E-state index in [1.807, 2.05) is 6.92 Å². The first-order chi connectivity index (χ1) is 7.54. The van der Waals surface area contributed by atoms with Crippen LogP contribution in [0.2, 0.25) is 0 Å². The minimum absolute atomic E-state index is 0.0565. The second kappa shape index (κ2) is 5.30. The number of benzene rings is 1. The van der Waals surface area contributed by atoms with Crippen molar-refractivity contribution in [2.75, 3.05) is 5.32 Å². The van der Waals surface area contributed by atoms with E-state index in [2.05, 4.69) is 11.9 Å². The van der Waals surface area contributed by atoms with Crippen LogP contribution in [0.15, 0.2) is 30.9 Å². The quantitative estimate of drug-likeness (QED) is 0.754. The summed E-state index contributed by atoms with van der Waals surface area (Å²) in [6, 6.07) is 3.72. The van der Waals surface area contributed by atoms with Crippen LogP contribution in [0, 0.1) is 5.82 Å². The topological polar surface area (TPSA) is 49.3 Å². The monoisotopic (exact) mass is 223 g/mol. The van der Waals surface area contributed by atoms with Crippen molar-refractivity contribution in [3.63, 3.8) is 0 Å². The Kier molecular flexibility index (Phi) is 4.05. The second-order valence-corrected chi connectivity index (χ2v) is 3.56. The molecule has 3 nitrogen and oxygen atoms in total. The predicted octanol–water partition coefficient (Wildman–Crippen LogP) is 2.90. The molecule has 0 radical (unpaired) electrons. The zero-order valence-corrected chi connectivity index (χ0v) is 9.03. The SMILES string of the molecule is C=CCC(C)Nc1ccc(F)cc1C(=O)O. The van der Waals surface area contributed by atoms with Gasteiger partial charge in [0.2, 0.25) is 0 Å². The van der Waals surface area contributed by atoms with Crippen LogP contribution in [0.4, 0.5) is 10.1 Å². The van der Waals surface area contributed by atoms with Gasteiger partial charge in [0.25, 0.3) is 0 Å². The molecule has 1 rings (SSSR count). The van der Waals surface area contributed by atoms with Crippen LogP contribution in [0.3, 0.4) is 0 Å². The minimum Gasteiger partial charge on any atom is -0.478 e. The molecule has 1 aromatic rings. The fourth-order valence-corrected chi connectivity index (χ4v) is 1.39. The fourth-order valence-electron chi connectivity index (χ4n) is 1.39. The van der Waals surface area contributed by atoms with Crippen LogP contribution in [0.1, 0.15) is 23.7 Å². The van der Waals surface area contributed by atoms with Crippen molar-refractivity contribution in [1.82, 2.24) is 0 Å². The molecular formula is C12H14FNO2. The summed E-state index contributed by atoms with van der Waals surface area (Å²) < 4.78 is 12.9. The number of carboxylic acid groups (broad SMARTS) is 1. The Bertz CT molecular complexity index is 404. The molecule has 4 heteroatoms. The van der Waals surface area contributed by atoms with Gasteiger partial charge in [0.1, 0.15) is 5.82 Å². The van der Waals surface area contributed by atoms with Crippen molar-refractivity contribution in [1.29, 1.82) is 0 Å². The van der Waals surface area contributed by atoms with Gasteiger partial charge in [-0.15, -0.1) is 6.58 Å². The summed E-state index contributed by atoms with van der Waals surface area (Å²) in [5, 5.41) is 11.9. The Morgan fingerprint density at radius 1 is 1.69 bits per heavy atom. The predicted molar refractivity (Wildman–Crippen MR) is 61.3 cm³/mol. The molecule has 0 fully saturated rings. The first-order valence-corrected chi connectivity index (χ1v) is 4.95. The van der Waals surface area contributed by atoms with E-state index in [9.17, 15) is 9.18 Å². The van der Waals surface area contributed by atoms with Crippen molar-refractivity contribution in [2.45, 2.75) is 19.4 Å². The van der Waals surface area contributed by atoms with Crippen molar-refractivity contribution < 1.29 is 14.3 Å². The zero-order valence-electron chi connectivity index (χ0n) is 9.03. The highest BCUT2D eigenvalue weighted by molar-refractivity contribution is 5.94. The molecule has 1 aromatic carbocycles. The number of carboxylic acids is 1. The van der Waals surface area contributed by atoms with Crippen LogP contribution >= 0.6 is 0 Å². The van der Waals surface area contributed by atoms with Gasteiger partial charge < -0.3 is 10.4 Å². The Morgan fingerprint density at radius 3 is 2.94 bits per heavy atom. The molecule has 0 amide bonds. The molecule has 0 bridgehead atoms. The van der Waals surface area contributed by atoms with Crippen LogP contribution in [-0.2, 0) is 0 Å². The summed E-state index contributed by atoms with van der Waals surface area (Å²) >= 11 is 0. The number of nitrogens with one attached hydrogen (secondary N) is 1. The van der Waals surface area contributed by atoms with E-state index < -0.39 is 11.8 Å². The standard InChI is InChI=1S/C12H14FNO2/c1-3-4-8(2)14-11-6-5-9(13)7-10(11)12(15)16/h3,5-8,14H,1,4H2,2H3,(H,15,16). The van der Waals surface area contributed by atoms with E-state index in [-0.39, 0.29) is 11.6 Å². The summed E-state index contributed by atoms with van der Waals surface area (Å²) in [4.78, 5) is 10.9. The molecule has 2 N–H and O–H groups in total. The van der Waals surface area contributed by atoms with E-state index in [1.54, 1.807) is 6.08 Å². The van der Waals surface area contributed by atoms with Gasteiger partial charge >= 0.3 is 5.97 Å². The summed E-state index contributed by atoms with van der Waals surface area (Å²) in [5.74, 6) is -1.70. The van der Waals surface area contributed by atoms with E-state index in [0.717, 1.165) is 6.07 Å². The molecule has 1 unspecified atom stereocenters. The van der Waals surface area contributed by atoms with Crippen LogP contribution in [0.25, 0.3) is 0 Å². The third-order valence-corrected chi connectivity index (χ3v) is 2.13. The van der Waals surface area contributed by atoms with Crippen molar-refractivity contribution in [2.24, 2.45) is 0 Å². The number of carbonyl (C=O) groups is 1. The van der Waals surface area contributed by atoms with E-state index >= 15 is 0 Å². The maximum absolute atomic E-state index is 12.9. The van der Waals surface area contributed by atoms with Gasteiger partial charge in [0.15, 0.2) is 0 Å². The number of halogens is 1. The van der Waals surface area contributed by atoms with Crippen LogP contribution in [-0.4, -0.2) is 17.1 Å². The third-order valence-electron chi connectivity index (χ3n) is 2.13. The summed E-state index contributed by atoms with van der Waals surface area (Å²) in [7, 11) is 0. The third kappa shape index (κ3) is 3.08. The highest BCUT2D eigenvalue weighted by Gasteiger charge is 2.12. The average Bonchev–Trinajstić information content (AvgIpc) is 2.20. The number of rotatable bonds is 5. The van der Waals surface area contributed by atoms with Crippen molar-refractivity contribution in [3.8, 4) is 0 Å². The molecule has 0 saturated carbocycles. The highest BCUT2D eigenvalue weighted by Crippen LogP contribution is 2.18. The van der Waals surface area contributed by atoms with Gasteiger partial charge in [-0.25, -0.2) is 9.18 Å². The maximum atomic E-state index is 12.9. The van der Waals surface area contributed by atoms with E-state index in [4.69, 9.17) is 5.11 Å². The Labute approximate surface area is 93.6 Å². The highest BCUT2D eigenvalue weighted by atomic mass is 19.1. The maximum Gasteiger partial charge on any atom is 0.337 e. The Morgan fingerprint density at radius 2 is 2.38 bits per heavy atom. The molecule has 0 aliphatic carbocycles. The normalized spacial score (nSPS) is 11.9. The van der Waals surface area contributed by atoms with Crippen molar-refractivity contribution >= 4 is 11.7 Å². The smallest absolute Gasteiger partial charge is 0.337 e. The van der Waals surface area contributed by atoms with Gasteiger partial charge in [-0.1, -0.05) is 6.08 Å². The van der Waals surface area contributed by atoms with E-state index in [0.29, 0.717) is 12.1 Å². The lowest BCUT2D eigenvalue weighted by Crippen LogP contribution is -2.16. The second-order valence-electron chi connectivity index (χ2n) is 3.56. The van der Waals surface area contributed by atoms with Crippen LogP contribution < -0.4 is 5.32 Å². The molecule has 16 heavy (non-hydrogen) atoms. The Balaban J connectivity index is 2.94. The molecule has 0 aliphatic rings. The van der Waals surface area contributed by atoms with Gasteiger partial charge in [0.05, 0.1) is 5.56 Å². The molecule has 0 aliphatic heterocycles. The lowest BCUT2D eigenvalue weighted by Gasteiger charge is -2.15. The molecule has 0 aromatic heterocycles. The van der Waals surface area contributed by atoms with Gasteiger partial charge in [-0.2, -0.15) is 0 Å². The molecule has 0 saturated heterocycles. The molecule has 0 spiro atoms. The molecule has 86 valence electrons. The lowest BCUT2D eigenvalue weighted by atomic mass is 10.1. The van der Waals surface area contributed by atoms with Gasteiger partial charge in [-0.05, 0) is 31.5 Å². The Hall–Kier alpha value is -1.84. The lowest BCUT2D eigenvalue weighted by molar-refractivity contribution is 0.0697. The molecule has 1 atom stereocenters. The zero-order chi connectivity index (χ0) is 12.1. The minimum atomic E-state index is -1.15. The first-order valence-electron chi connectivity index (χ1n) is 4.95. The fraction of sp³-hybridized carbons (Fsp3) is 0.250. The van der Waals surface area contributed by atoms with Gasteiger partial charge in [-0.3, -0.25) is 0 Å².